The molecule has 3 aromatic rings. The van der Waals surface area contributed by atoms with Crippen LogP contribution in [0.2, 0.25) is 0 Å². The van der Waals surface area contributed by atoms with Crippen LogP contribution in [0.5, 0.6) is 0 Å². The third-order valence-corrected chi connectivity index (χ3v) is 3.59. The first-order valence-electron chi connectivity index (χ1n) is 7.17. The summed E-state index contributed by atoms with van der Waals surface area (Å²) in [5.41, 5.74) is 3.69. The van der Waals surface area contributed by atoms with Crippen LogP contribution in [-0.2, 0) is 6.42 Å². The smallest absolute Gasteiger partial charge is 0.354 e. The number of carbonyl (C=O) groups is 1. The van der Waals surface area contributed by atoms with Gasteiger partial charge in [0.25, 0.3) is 0 Å². The van der Waals surface area contributed by atoms with E-state index in [4.69, 9.17) is 0 Å². The molecule has 0 spiro atoms. The lowest BCUT2D eigenvalue weighted by Gasteiger charge is -2.03. The van der Waals surface area contributed by atoms with Crippen LogP contribution in [0.15, 0.2) is 60.7 Å². The van der Waals surface area contributed by atoms with E-state index >= 15 is 0 Å². The summed E-state index contributed by atoms with van der Waals surface area (Å²) in [6.45, 7) is 2.10. The van der Waals surface area contributed by atoms with Gasteiger partial charge in [0.05, 0.1) is 11.4 Å². The molecule has 1 aromatic heterocycles. The van der Waals surface area contributed by atoms with Gasteiger partial charge in [0.15, 0.2) is 5.69 Å². The molecule has 0 radical (unpaired) electrons. The van der Waals surface area contributed by atoms with Gasteiger partial charge in [-0.1, -0.05) is 49.4 Å². The van der Waals surface area contributed by atoms with E-state index in [1.807, 2.05) is 54.6 Å². The predicted octanol–water partition coefficient (Wildman–Crippen LogP) is 3.80. The molecular formula is C18H16N2O2. The average molecular weight is 292 g/mol. The molecule has 110 valence electrons. The Morgan fingerprint density at radius 1 is 1.09 bits per heavy atom. The van der Waals surface area contributed by atoms with E-state index in [0.717, 1.165) is 17.7 Å². The minimum atomic E-state index is -0.993. The van der Waals surface area contributed by atoms with Crippen molar-refractivity contribution in [3.05, 3.63) is 71.9 Å². The minimum Gasteiger partial charge on any atom is -0.477 e. The maximum atomic E-state index is 11.5. The van der Waals surface area contributed by atoms with Crippen LogP contribution < -0.4 is 0 Å². The van der Waals surface area contributed by atoms with E-state index in [2.05, 4.69) is 12.0 Å². The Morgan fingerprint density at radius 3 is 2.36 bits per heavy atom. The number of aryl methyl sites for hydroxylation is 1. The number of aromatic carboxylic acids is 1. The van der Waals surface area contributed by atoms with Crippen molar-refractivity contribution in [1.82, 2.24) is 9.78 Å². The summed E-state index contributed by atoms with van der Waals surface area (Å²) in [5.74, 6) is -0.993. The average Bonchev–Trinajstić information content (AvgIpc) is 3.01. The summed E-state index contributed by atoms with van der Waals surface area (Å²) in [6.07, 6.45) is 0.971. The lowest BCUT2D eigenvalue weighted by molar-refractivity contribution is 0.0687. The highest BCUT2D eigenvalue weighted by molar-refractivity contribution is 5.88. The molecule has 0 aliphatic rings. The van der Waals surface area contributed by atoms with Gasteiger partial charge in [0, 0.05) is 5.56 Å². The molecule has 0 fully saturated rings. The van der Waals surface area contributed by atoms with E-state index in [1.165, 1.54) is 10.2 Å². The monoisotopic (exact) mass is 292 g/mol. The first kappa shape index (κ1) is 14.1. The first-order valence-corrected chi connectivity index (χ1v) is 7.17. The van der Waals surface area contributed by atoms with Crippen molar-refractivity contribution in [3.63, 3.8) is 0 Å². The zero-order chi connectivity index (χ0) is 15.5. The van der Waals surface area contributed by atoms with E-state index in [1.54, 1.807) is 6.07 Å². The fraction of sp³-hybridized carbons (Fsp3) is 0.111. The quantitative estimate of drug-likeness (QED) is 0.795. The molecule has 0 unspecified atom stereocenters. The number of carboxylic acids is 1. The third-order valence-electron chi connectivity index (χ3n) is 3.59. The SMILES string of the molecule is CCc1ccc(-c2cc(C(=O)O)n(-c3ccccc3)n2)cc1. The van der Waals surface area contributed by atoms with Gasteiger partial charge in [-0.25, -0.2) is 9.48 Å². The van der Waals surface area contributed by atoms with Gasteiger partial charge in [0.1, 0.15) is 0 Å². The number of hydrogen-bond donors (Lipinski definition) is 1. The lowest BCUT2D eigenvalue weighted by Crippen LogP contribution is -2.07. The van der Waals surface area contributed by atoms with Gasteiger partial charge in [-0.05, 0) is 30.2 Å². The second-order valence-corrected chi connectivity index (χ2v) is 5.02. The molecule has 4 nitrogen and oxygen atoms in total. The summed E-state index contributed by atoms with van der Waals surface area (Å²) in [5, 5.41) is 13.9. The van der Waals surface area contributed by atoms with Crippen molar-refractivity contribution in [2.24, 2.45) is 0 Å². The number of aromatic nitrogens is 2. The van der Waals surface area contributed by atoms with Gasteiger partial charge < -0.3 is 5.11 Å². The van der Waals surface area contributed by atoms with E-state index in [9.17, 15) is 9.90 Å². The van der Waals surface area contributed by atoms with Gasteiger partial charge in [-0.15, -0.1) is 0 Å². The summed E-state index contributed by atoms with van der Waals surface area (Å²) in [4.78, 5) is 11.5. The highest BCUT2D eigenvalue weighted by Gasteiger charge is 2.16. The number of benzene rings is 2. The van der Waals surface area contributed by atoms with Crippen LogP contribution in [0.4, 0.5) is 0 Å². The molecule has 0 saturated heterocycles. The van der Waals surface area contributed by atoms with Crippen LogP contribution in [-0.4, -0.2) is 20.9 Å². The van der Waals surface area contributed by atoms with Crippen LogP contribution in [0.25, 0.3) is 16.9 Å². The molecule has 0 aliphatic carbocycles. The number of nitrogens with zero attached hydrogens (tertiary/aromatic N) is 2. The third kappa shape index (κ3) is 2.63. The highest BCUT2D eigenvalue weighted by Crippen LogP contribution is 2.22. The predicted molar refractivity (Wildman–Crippen MR) is 85.3 cm³/mol. The fourth-order valence-electron chi connectivity index (χ4n) is 2.35. The van der Waals surface area contributed by atoms with Crippen LogP contribution in [0, 0.1) is 0 Å². The summed E-state index contributed by atoms with van der Waals surface area (Å²) in [7, 11) is 0. The molecule has 0 atom stereocenters. The maximum absolute atomic E-state index is 11.5. The van der Waals surface area contributed by atoms with E-state index < -0.39 is 5.97 Å². The molecule has 3 rings (SSSR count). The Bertz CT molecular complexity index is 790. The first-order chi connectivity index (χ1) is 10.7. The summed E-state index contributed by atoms with van der Waals surface area (Å²) < 4.78 is 1.46. The van der Waals surface area contributed by atoms with Crippen LogP contribution in [0.1, 0.15) is 23.0 Å². The van der Waals surface area contributed by atoms with Gasteiger partial charge >= 0.3 is 5.97 Å². The minimum absolute atomic E-state index is 0.153. The van der Waals surface area contributed by atoms with E-state index in [0.29, 0.717) is 5.69 Å². The maximum Gasteiger partial charge on any atom is 0.354 e. The van der Waals surface area contributed by atoms with Crippen molar-refractivity contribution >= 4 is 5.97 Å². The largest absolute Gasteiger partial charge is 0.477 e. The summed E-state index contributed by atoms with van der Waals surface area (Å²) >= 11 is 0. The van der Waals surface area contributed by atoms with Crippen molar-refractivity contribution in [1.29, 1.82) is 0 Å². The Labute approximate surface area is 128 Å². The normalized spacial score (nSPS) is 10.6. The second-order valence-electron chi connectivity index (χ2n) is 5.02. The van der Waals surface area contributed by atoms with Gasteiger partial charge in [-0.2, -0.15) is 5.10 Å². The van der Waals surface area contributed by atoms with E-state index in [-0.39, 0.29) is 5.69 Å². The molecule has 1 heterocycles. The van der Waals surface area contributed by atoms with Crippen LogP contribution in [0.3, 0.4) is 0 Å². The molecule has 22 heavy (non-hydrogen) atoms. The zero-order valence-electron chi connectivity index (χ0n) is 12.2. The summed E-state index contributed by atoms with van der Waals surface area (Å²) in [6, 6.07) is 18.9. The van der Waals surface area contributed by atoms with Gasteiger partial charge in [-0.3, -0.25) is 0 Å². The van der Waals surface area contributed by atoms with Gasteiger partial charge in [0.2, 0.25) is 0 Å². The van der Waals surface area contributed by atoms with Crippen molar-refractivity contribution in [2.45, 2.75) is 13.3 Å². The molecule has 0 bridgehead atoms. The number of para-hydroxylation sites is 1. The number of carboxylic acid groups (broad SMARTS) is 1. The Morgan fingerprint density at radius 2 is 1.77 bits per heavy atom. The zero-order valence-corrected chi connectivity index (χ0v) is 12.2. The highest BCUT2D eigenvalue weighted by atomic mass is 16.4. The molecule has 4 heteroatoms. The fourth-order valence-corrected chi connectivity index (χ4v) is 2.35. The van der Waals surface area contributed by atoms with Crippen LogP contribution >= 0.6 is 0 Å². The second kappa shape index (κ2) is 5.85. The number of hydrogen-bond acceptors (Lipinski definition) is 2. The molecule has 1 N–H and O–H groups in total. The number of rotatable bonds is 4. The standard InChI is InChI=1S/C18H16N2O2/c1-2-13-8-10-14(11-9-13)16-12-17(18(21)22)20(19-16)15-6-4-3-5-7-15/h3-12H,2H2,1H3,(H,21,22). The Kier molecular flexibility index (Phi) is 3.74. The molecule has 0 saturated carbocycles. The molecular weight excluding hydrogens is 276 g/mol. The molecule has 0 aliphatic heterocycles. The van der Waals surface area contributed by atoms with Crippen molar-refractivity contribution in [2.75, 3.05) is 0 Å². The Hall–Kier alpha value is -2.88. The topological polar surface area (TPSA) is 55.1 Å². The molecule has 0 amide bonds. The Balaban J connectivity index is 2.08. The molecule has 2 aromatic carbocycles. The van der Waals surface area contributed by atoms with Crippen molar-refractivity contribution < 1.29 is 9.90 Å². The van der Waals surface area contributed by atoms with Crippen molar-refractivity contribution in [3.8, 4) is 16.9 Å². The lowest BCUT2D eigenvalue weighted by atomic mass is 10.1.